The molecule has 0 radical (unpaired) electrons. The summed E-state index contributed by atoms with van der Waals surface area (Å²) in [6, 6.07) is 0. The standard InChI is InChI=1S/C25H50.C6H14.C5H12.3C2H6/c1-9-23(22(8)25-14-13-24(17-25)19(4)5)16-21(7)15-20(6)12-10-11-18(2)3;1-5(2)6(3)4;1-4-5(2)3;3*1-2/h18-25H,9-17H2,1-8H3;5-6H,1-4H3;5H,4H2,1-3H3;3*1-2H3. The zero-order valence-corrected chi connectivity index (χ0v) is 34.4. The van der Waals surface area contributed by atoms with Crippen LogP contribution in [0.1, 0.15) is 210 Å². The fraction of sp³-hybridized carbons (Fsp3) is 1.00. The summed E-state index contributed by atoms with van der Waals surface area (Å²) >= 11 is 0. The van der Waals surface area contributed by atoms with Gasteiger partial charge in [-0.15, -0.1) is 0 Å². The third-order valence-electron chi connectivity index (χ3n) is 9.61. The second-order valence-electron chi connectivity index (χ2n) is 14.9. The average Bonchev–Trinajstić information content (AvgIpc) is 3.46. The number of rotatable bonds is 14. The highest BCUT2D eigenvalue weighted by molar-refractivity contribution is 4.84. The van der Waals surface area contributed by atoms with Gasteiger partial charge >= 0.3 is 0 Å². The molecule has 1 rings (SSSR count). The maximum absolute atomic E-state index is 2.58. The van der Waals surface area contributed by atoms with Gasteiger partial charge in [-0.1, -0.05) is 178 Å². The highest BCUT2D eigenvalue weighted by atomic mass is 14.4. The fourth-order valence-corrected chi connectivity index (χ4v) is 5.57. The maximum Gasteiger partial charge on any atom is -0.0383 e. The average molecular weight is 599 g/mol. The summed E-state index contributed by atoms with van der Waals surface area (Å²) in [4.78, 5) is 0. The van der Waals surface area contributed by atoms with Gasteiger partial charge in [0.05, 0.1) is 0 Å². The molecule has 0 aliphatic heterocycles. The maximum atomic E-state index is 2.58. The van der Waals surface area contributed by atoms with Gasteiger partial charge in [-0.25, -0.2) is 0 Å². The predicted molar refractivity (Wildman–Crippen MR) is 204 cm³/mol. The van der Waals surface area contributed by atoms with Crippen LogP contribution >= 0.6 is 0 Å². The van der Waals surface area contributed by atoms with Crippen LogP contribution in [0.5, 0.6) is 0 Å². The van der Waals surface area contributed by atoms with E-state index >= 15 is 0 Å². The van der Waals surface area contributed by atoms with Gasteiger partial charge in [-0.05, 0) is 97.2 Å². The van der Waals surface area contributed by atoms with Crippen molar-refractivity contribution in [2.75, 3.05) is 0 Å². The van der Waals surface area contributed by atoms with Crippen LogP contribution in [-0.2, 0) is 0 Å². The molecule has 0 amide bonds. The van der Waals surface area contributed by atoms with Gasteiger partial charge in [0.15, 0.2) is 0 Å². The van der Waals surface area contributed by atoms with Crippen molar-refractivity contribution in [3.05, 3.63) is 0 Å². The van der Waals surface area contributed by atoms with Crippen molar-refractivity contribution in [1.82, 2.24) is 0 Å². The van der Waals surface area contributed by atoms with E-state index in [1.54, 1.807) is 0 Å². The SMILES string of the molecule is CC.CC.CC.CC(C)C(C)C.CCC(C)C.CCC(CC(C)CC(C)CCCC(C)C)C(C)C1CCC(C(C)C)C1. The molecule has 0 aromatic heterocycles. The smallest absolute Gasteiger partial charge is 0.0383 e. The van der Waals surface area contributed by atoms with E-state index in [9.17, 15) is 0 Å². The van der Waals surface area contributed by atoms with Gasteiger partial charge in [0.25, 0.3) is 0 Å². The molecular formula is C42H94. The lowest BCUT2D eigenvalue weighted by molar-refractivity contribution is 0.191. The first-order chi connectivity index (χ1) is 19.7. The van der Waals surface area contributed by atoms with Crippen LogP contribution in [0.25, 0.3) is 0 Å². The largest absolute Gasteiger partial charge is 0.0683 e. The summed E-state index contributed by atoms with van der Waals surface area (Å²) in [7, 11) is 0. The van der Waals surface area contributed by atoms with Crippen molar-refractivity contribution >= 4 is 0 Å². The molecule has 0 heterocycles. The fourth-order valence-electron chi connectivity index (χ4n) is 5.57. The van der Waals surface area contributed by atoms with E-state index in [1.807, 2.05) is 41.5 Å². The molecule has 0 heteroatoms. The first-order valence-electron chi connectivity index (χ1n) is 19.7. The summed E-state index contributed by atoms with van der Waals surface area (Å²) < 4.78 is 0. The molecule has 262 valence electrons. The van der Waals surface area contributed by atoms with Crippen molar-refractivity contribution in [3.63, 3.8) is 0 Å². The second kappa shape index (κ2) is 35.5. The third-order valence-corrected chi connectivity index (χ3v) is 9.61. The molecule has 0 aromatic rings. The van der Waals surface area contributed by atoms with Crippen molar-refractivity contribution in [3.8, 4) is 0 Å². The van der Waals surface area contributed by atoms with E-state index in [0.29, 0.717) is 0 Å². The minimum Gasteiger partial charge on any atom is -0.0683 e. The monoisotopic (exact) mass is 599 g/mol. The quantitative estimate of drug-likeness (QED) is 0.186. The Bertz CT molecular complexity index is 451. The zero-order valence-electron chi connectivity index (χ0n) is 34.4. The van der Waals surface area contributed by atoms with Gasteiger partial charge in [0, 0.05) is 0 Å². The van der Waals surface area contributed by atoms with Crippen LogP contribution in [0.15, 0.2) is 0 Å². The number of hydrogen-bond donors (Lipinski definition) is 0. The second-order valence-corrected chi connectivity index (χ2v) is 14.9. The number of hydrogen-bond acceptors (Lipinski definition) is 0. The lowest BCUT2D eigenvalue weighted by Crippen LogP contribution is -2.22. The van der Waals surface area contributed by atoms with E-state index in [2.05, 4.69) is 104 Å². The van der Waals surface area contributed by atoms with Crippen molar-refractivity contribution < 1.29 is 0 Å². The van der Waals surface area contributed by atoms with Gasteiger partial charge in [-0.2, -0.15) is 0 Å². The summed E-state index contributed by atoms with van der Waals surface area (Å²) in [5.41, 5.74) is 0. The predicted octanol–water partition coefficient (Wildman–Crippen LogP) is 16.0. The lowest BCUT2D eigenvalue weighted by atomic mass is 9.74. The van der Waals surface area contributed by atoms with Crippen LogP contribution in [-0.4, -0.2) is 0 Å². The third kappa shape index (κ3) is 32.9. The Hall–Kier alpha value is 0. The Morgan fingerprint density at radius 1 is 0.500 bits per heavy atom. The van der Waals surface area contributed by atoms with Gasteiger partial charge < -0.3 is 0 Å². The van der Waals surface area contributed by atoms with E-state index in [1.165, 1.54) is 64.2 Å². The van der Waals surface area contributed by atoms with E-state index < -0.39 is 0 Å². The molecule has 0 aromatic carbocycles. The Morgan fingerprint density at radius 3 is 1.24 bits per heavy atom. The molecule has 0 N–H and O–H groups in total. The van der Waals surface area contributed by atoms with Gasteiger partial charge in [0.2, 0.25) is 0 Å². The first kappa shape index (κ1) is 51.6. The van der Waals surface area contributed by atoms with Crippen LogP contribution in [0, 0.1) is 65.1 Å². The molecule has 1 aliphatic rings. The highest BCUT2D eigenvalue weighted by Gasteiger charge is 2.33. The Morgan fingerprint density at radius 2 is 0.929 bits per heavy atom. The Balaban J connectivity index is -0.000000221. The minimum atomic E-state index is 0.852. The molecule has 1 saturated carbocycles. The lowest BCUT2D eigenvalue weighted by Gasteiger charge is -2.31. The van der Waals surface area contributed by atoms with E-state index in [-0.39, 0.29) is 0 Å². The normalized spacial score (nSPS) is 18.7. The van der Waals surface area contributed by atoms with Crippen LogP contribution in [0.4, 0.5) is 0 Å². The van der Waals surface area contributed by atoms with Crippen molar-refractivity contribution in [2.45, 2.75) is 210 Å². The van der Waals surface area contributed by atoms with Gasteiger partial charge in [-0.3, -0.25) is 0 Å². The summed E-state index contributed by atoms with van der Waals surface area (Å²) in [5, 5.41) is 0. The molecule has 6 atom stereocenters. The molecule has 42 heavy (non-hydrogen) atoms. The summed E-state index contributed by atoms with van der Waals surface area (Å²) in [6.45, 7) is 47.2. The van der Waals surface area contributed by atoms with E-state index in [0.717, 1.165) is 65.1 Å². The van der Waals surface area contributed by atoms with Crippen LogP contribution in [0.3, 0.4) is 0 Å². The van der Waals surface area contributed by atoms with Gasteiger partial charge in [0.1, 0.15) is 0 Å². The molecule has 0 saturated heterocycles. The summed E-state index contributed by atoms with van der Waals surface area (Å²) in [6.07, 6.45) is 14.4. The first-order valence-corrected chi connectivity index (χ1v) is 19.7. The van der Waals surface area contributed by atoms with Crippen molar-refractivity contribution in [1.29, 1.82) is 0 Å². The van der Waals surface area contributed by atoms with E-state index in [4.69, 9.17) is 0 Å². The molecule has 1 aliphatic carbocycles. The van der Waals surface area contributed by atoms with Crippen LogP contribution < -0.4 is 0 Å². The molecule has 0 bridgehead atoms. The molecule has 1 fully saturated rings. The minimum absolute atomic E-state index is 0.852. The van der Waals surface area contributed by atoms with Crippen LogP contribution in [0.2, 0.25) is 0 Å². The topological polar surface area (TPSA) is 0 Å². The Kier molecular flexibility index (Phi) is 43.6. The summed E-state index contributed by atoms with van der Waals surface area (Å²) in [5.74, 6) is 10.1. The molecule has 0 nitrogen and oxygen atoms in total. The Labute approximate surface area is 274 Å². The molecular weight excluding hydrogens is 504 g/mol. The molecule has 6 unspecified atom stereocenters. The molecule has 0 spiro atoms. The van der Waals surface area contributed by atoms with Crippen molar-refractivity contribution in [2.24, 2.45) is 65.1 Å². The zero-order chi connectivity index (χ0) is 34.4. The highest BCUT2D eigenvalue weighted by Crippen LogP contribution is 2.43.